The number of carboxylic acids is 1. The lowest BCUT2D eigenvalue weighted by Crippen LogP contribution is -2.55. The number of nitrogens with zero attached hydrogens (tertiary/aromatic N) is 1. The van der Waals surface area contributed by atoms with E-state index >= 15 is 0 Å². The van der Waals surface area contributed by atoms with Gasteiger partial charge in [-0.2, -0.15) is 0 Å². The minimum atomic E-state index is -1.32. The van der Waals surface area contributed by atoms with Gasteiger partial charge in [0.1, 0.15) is 0 Å². The molecule has 20 heavy (non-hydrogen) atoms. The number of aliphatic hydroxyl groups is 1. The highest BCUT2D eigenvalue weighted by Gasteiger charge is 2.29. The molecule has 0 rings (SSSR count). The van der Waals surface area contributed by atoms with Gasteiger partial charge in [-0.3, -0.25) is 0 Å². The standard InChI is InChI=1S/C13H26N2O5/c1-5-10(6-2)15(7-8-20-4)13(19)14-11(9(3)16)12(17)18/h9-11,16H,5-8H2,1-4H3,(H,14,19)(H,17,18). The van der Waals surface area contributed by atoms with E-state index in [1.54, 1.807) is 12.0 Å². The third-order valence-electron chi connectivity index (χ3n) is 3.21. The smallest absolute Gasteiger partial charge is 0.328 e. The van der Waals surface area contributed by atoms with E-state index in [4.69, 9.17) is 9.84 Å². The summed E-state index contributed by atoms with van der Waals surface area (Å²) >= 11 is 0. The summed E-state index contributed by atoms with van der Waals surface area (Å²) in [6.45, 7) is 6.00. The van der Waals surface area contributed by atoms with E-state index in [1.165, 1.54) is 6.92 Å². The Morgan fingerprint density at radius 2 is 1.85 bits per heavy atom. The van der Waals surface area contributed by atoms with Crippen LogP contribution in [-0.2, 0) is 9.53 Å². The van der Waals surface area contributed by atoms with Crippen molar-refractivity contribution in [2.24, 2.45) is 0 Å². The van der Waals surface area contributed by atoms with Gasteiger partial charge >= 0.3 is 12.0 Å². The van der Waals surface area contributed by atoms with Gasteiger partial charge in [-0.1, -0.05) is 13.8 Å². The number of hydrogen-bond donors (Lipinski definition) is 3. The van der Waals surface area contributed by atoms with Crippen LogP contribution in [0, 0.1) is 0 Å². The zero-order valence-corrected chi connectivity index (χ0v) is 12.6. The largest absolute Gasteiger partial charge is 0.480 e. The summed E-state index contributed by atoms with van der Waals surface area (Å²) in [5.41, 5.74) is 0. The van der Waals surface area contributed by atoms with Crippen LogP contribution in [-0.4, -0.2) is 65.6 Å². The maximum atomic E-state index is 12.2. The molecule has 0 heterocycles. The number of hydrogen-bond acceptors (Lipinski definition) is 4. The average molecular weight is 290 g/mol. The number of carboxylic acid groups (broad SMARTS) is 1. The van der Waals surface area contributed by atoms with Gasteiger partial charge in [0.25, 0.3) is 0 Å². The third-order valence-corrected chi connectivity index (χ3v) is 3.21. The van der Waals surface area contributed by atoms with Gasteiger partial charge in [-0.15, -0.1) is 0 Å². The minimum Gasteiger partial charge on any atom is -0.480 e. The van der Waals surface area contributed by atoms with Crippen molar-refractivity contribution in [3.8, 4) is 0 Å². The molecule has 0 aliphatic carbocycles. The van der Waals surface area contributed by atoms with Gasteiger partial charge < -0.3 is 25.2 Å². The molecule has 0 fully saturated rings. The maximum Gasteiger partial charge on any atom is 0.328 e. The van der Waals surface area contributed by atoms with Crippen molar-refractivity contribution in [1.29, 1.82) is 0 Å². The number of carbonyl (C=O) groups excluding carboxylic acids is 1. The van der Waals surface area contributed by atoms with Gasteiger partial charge in [0.2, 0.25) is 0 Å². The number of ether oxygens (including phenoxy) is 1. The first kappa shape index (κ1) is 18.7. The van der Waals surface area contributed by atoms with Crippen molar-refractivity contribution in [3.63, 3.8) is 0 Å². The van der Waals surface area contributed by atoms with Crippen LogP contribution in [0.15, 0.2) is 0 Å². The monoisotopic (exact) mass is 290 g/mol. The van der Waals surface area contributed by atoms with Gasteiger partial charge in [-0.25, -0.2) is 9.59 Å². The Morgan fingerprint density at radius 1 is 1.30 bits per heavy atom. The topological polar surface area (TPSA) is 99.1 Å². The molecule has 0 aromatic carbocycles. The van der Waals surface area contributed by atoms with E-state index in [1.807, 2.05) is 13.8 Å². The van der Waals surface area contributed by atoms with Crippen LogP contribution in [0.1, 0.15) is 33.6 Å². The summed E-state index contributed by atoms with van der Waals surface area (Å²) in [7, 11) is 1.54. The fourth-order valence-corrected chi connectivity index (χ4v) is 1.97. The van der Waals surface area contributed by atoms with Crippen LogP contribution in [0.4, 0.5) is 4.79 Å². The maximum absolute atomic E-state index is 12.2. The van der Waals surface area contributed by atoms with E-state index in [-0.39, 0.29) is 6.04 Å². The highest BCUT2D eigenvalue weighted by molar-refractivity contribution is 5.83. The molecule has 0 aliphatic heterocycles. The van der Waals surface area contributed by atoms with Crippen molar-refractivity contribution in [2.75, 3.05) is 20.3 Å². The second-order valence-electron chi connectivity index (χ2n) is 4.66. The highest BCUT2D eigenvalue weighted by atomic mass is 16.5. The van der Waals surface area contributed by atoms with Crippen LogP contribution < -0.4 is 5.32 Å². The van der Waals surface area contributed by atoms with Crippen LogP contribution in [0.5, 0.6) is 0 Å². The predicted octanol–water partition coefficient (Wildman–Crippen LogP) is 0.667. The second-order valence-corrected chi connectivity index (χ2v) is 4.66. The molecule has 0 radical (unpaired) electrons. The van der Waals surface area contributed by atoms with E-state index in [9.17, 15) is 14.7 Å². The van der Waals surface area contributed by atoms with E-state index in [2.05, 4.69) is 5.32 Å². The lowest BCUT2D eigenvalue weighted by Gasteiger charge is -2.32. The molecule has 2 amide bonds. The van der Waals surface area contributed by atoms with Gasteiger partial charge in [0, 0.05) is 19.7 Å². The molecular weight excluding hydrogens is 264 g/mol. The Morgan fingerprint density at radius 3 is 2.20 bits per heavy atom. The van der Waals surface area contributed by atoms with E-state index in [0.717, 1.165) is 12.8 Å². The SMILES string of the molecule is CCC(CC)N(CCOC)C(=O)NC(C(=O)O)C(C)O. The molecule has 7 heteroatoms. The molecule has 2 atom stereocenters. The Kier molecular flexibility index (Phi) is 8.91. The number of carbonyl (C=O) groups is 2. The molecule has 2 unspecified atom stereocenters. The minimum absolute atomic E-state index is 0.00796. The first-order valence-electron chi connectivity index (χ1n) is 6.85. The second kappa shape index (κ2) is 9.55. The van der Waals surface area contributed by atoms with Crippen LogP contribution in [0.2, 0.25) is 0 Å². The summed E-state index contributed by atoms with van der Waals surface area (Å²) < 4.78 is 4.97. The summed E-state index contributed by atoms with van der Waals surface area (Å²) in [5, 5.41) is 20.7. The molecule has 0 spiro atoms. The first-order chi connectivity index (χ1) is 9.38. The molecule has 0 aromatic rings. The summed E-state index contributed by atoms with van der Waals surface area (Å²) in [6, 6.07) is -1.81. The number of aliphatic carboxylic acids is 1. The van der Waals surface area contributed by atoms with Crippen molar-refractivity contribution in [3.05, 3.63) is 0 Å². The molecule has 0 bridgehead atoms. The quantitative estimate of drug-likeness (QED) is 0.579. The number of amides is 2. The molecule has 0 aromatic heterocycles. The fraction of sp³-hybridized carbons (Fsp3) is 0.846. The number of aliphatic hydroxyl groups excluding tert-OH is 1. The lowest BCUT2D eigenvalue weighted by molar-refractivity contribution is -0.141. The molecule has 7 nitrogen and oxygen atoms in total. The van der Waals surface area contributed by atoms with Crippen LogP contribution in [0.3, 0.4) is 0 Å². The molecule has 0 saturated carbocycles. The van der Waals surface area contributed by atoms with Gasteiger partial charge in [0.15, 0.2) is 6.04 Å². The van der Waals surface area contributed by atoms with Crippen LogP contribution >= 0.6 is 0 Å². The number of methoxy groups -OCH3 is 1. The number of urea groups is 1. The van der Waals surface area contributed by atoms with Crippen molar-refractivity contribution < 1.29 is 24.5 Å². The normalized spacial score (nSPS) is 13.9. The van der Waals surface area contributed by atoms with Crippen LogP contribution in [0.25, 0.3) is 0 Å². The van der Waals surface area contributed by atoms with E-state index in [0.29, 0.717) is 13.2 Å². The van der Waals surface area contributed by atoms with Crippen molar-refractivity contribution in [1.82, 2.24) is 10.2 Å². The Bertz CT molecular complexity index is 305. The van der Waals surface area contributed by atoms with Gasteiger partial charge in [-0.05, 0) is 19.8 Å². The van der Waals surface area contributed by atoms with E-state index < -0.39 is 24.1 Å². The van der Waals surface area contributed by atoms with Crippen molar-refractivity contribution in [2.45, 2.75) is 51.8 Å². The predicted molar refractivity (Wildman–Crippen MR) is 74.6 cm³/mol. The zero-order valence-electron chi connectivity index (χ0n) is 12.6. The summed E-state index contributed by atoms with van der Waals surface area (Å²) in [4.78, 5) is 24.8. The Hall–Kier alpha value is -1.34. The Labute approximate surface area is 119 Å². The number of nitrogens with one attached hydrogen (secondary N) is 1. The third kappa shape index (κ3) is 5.75. The van der Waals surface area contributed by atoms with Gasteiger partial charge in [0.05, 0.1) is 12.7 Å². The fourth-order valence-electron chi connectivity index (χ4n) is 1.97. The molecule has 3 N–H and O–H groups in total. The Balaban J connectivity index is 4.88. The molecule has 118 valence electrons. The molecule has 0 aliphatic rings. The first-order valence-corrected chi connectivity index (χ1v) is 6.85. The lowest BCUT2D eigenvalue weighted by atomic mass is 10.1. The average Bonchev–Trinajstić information content (AvgIpc) is 2.39. The molecule has 0 saturated heterocycles. The summed E-state index contributed by atoms with van der Waals surface area (Å²) in [5.74, 6) is -1.26. The number of rotatable bonds is 9. The molecular formula is C13H26N2O5. The highest BCUT2D eigenvalue weighted by Crippen LogP contribution is 2.09. The zero-order chi connectivity index (χ0) is 15.7. The van der Waals surface area contributed by atoms with Crippen molar-refractivity contribution >= 4 is 12.0 Å². The summed E-state index contributed by atoms with van der Waals surface area (Å²) in [6.07, 6.45) is 0.363.